The van der Waals surface area contributed by atoms with Crippen molar-refractivity contribution in [2.75, 3.05) is 0 Å². The number of hydrogen-bond donors (Lipinski definition) is 0. The van der Waals surface area contributed by atoms with Crippen molar-refractivity contribution in [3.63, 3.8) is 0 Å². The SMILES string of the molecule is N#Cc1cnc(C(F)F)c(Br)c1F. The number of aromatic nitrogens is 1. The number of pyridine rings is 1. The van der Waals surface area contributed by atoms with Crippen LogP contribution in [0.25, 0.3) is 0 Å². The van der Waals surface area contributed by atoms with Gasteiger partial charge in [0.05, 0.1) is 4.47 Å². The highest BCUT2D eigenvalue weighted by Gasteiger charge is 2.18. The van der Waals surface area contributed by atoms with E-state index < -0.39 is 22.4 Å². The summed E-state index contributed by atoms with van der Waals surface area (Å²) in [4.78, 5) is 3.25. The molecule has 0 aromatic carbocycles. The van der Waals surface area contributed by atoms with Gasteiger partial charge < -0.3 is 0 Å². The minimum Gasteiger partial charge on any atom is -0.252 e. The molecule has 1 rings (SSSR count). The molecule has 0 spiro atoms. The molecule has 0 aliphatic carbocycles. The van der Waals surface area contributed by atoms with Gasteiger partial charge in [-0.25, -0.2) is 13.2 Å². The first-order chi connectivity index (χ1) is 6.07. The van der Waals surface area contributed by atoms with Gasteiger partial charge in [0.15, 0.2) is 5.82 Å². The molecule has 0 N–H and O–H groups in total. The summed E-state index contributed by atoms with van der Waals surface area (Å²) in [6.07, 6.45) is -2.08. The molecule has 0 saturated carbocycles. The van der Waals surface area contributed by atoms with Crippen LogP contribution in [0.5, 0.6) is 0 Å². The number of nitriles is 1. The lowest BCUT2D eigenvalue weighted by atomic mass is 10.2. The molecule has 0 aliphatic rings. The molecule has 0 amide bonds. The van der Waals surface area contributed by atoms with E-state index in [0.29, 0.717) is 0 Å². The van der Waals surface area contributed by atoms with Crippen molar-refractivity contribution in [3.05, 3.63) is 27.7 Å². The van der Waals surface area contributed by atoms with Crippen molar-refractivity contribution in [3.8, 4) is 6.07 Å². The fourth-order valence-electron chi connectivity index (χ4n) is 0.708. The maximum Gasteiger partial charge on any atom is 0.281 e. The summed E-state index contributed by atoms with van der Waals surface area (Å²) in [5, 5.41) is 8.33. The van der Waals surface area contributed by atoms with Gasteiger partial charge in [-0.3, -0.25) is 4.98 Å². The van der Waals surface area contributed by atoms with Gasteiger partial charge in [0.2, 0.25) is 0 Å². The molecule has 0 fully saturated rings. The average molecular weight is 251 g/mol. The van der Waals surface area contributed by atoms with E-state index in [1.165, 1.54) is 6.07 Å². The van der Waals surface area contributed by atoms with Gasteiger partial charge in [-0.05, 0) is 15.9 Å². The molecule has 1 heterocycles. The van der Waals surface area contributed by atoms with Gasteiger partial charge in [0, 0.05) is 6.20 Å². The predicted octanol–water partition coefficient (Wildman–Crippen LogP) is 2.79. The molecule has 6 heteroatoms. The van der Waals surface area contributed by atoms with Crippen LogP contribution in [0.4, 0.5) is 13.2 Å². The molecule has 68 valence electrons. The summed E-state index contributed by atoms with van der Waals surface area (Å²) in [6.45, 7) is 0. The Labute approximate surface area is 80.1 Å². The van der Waals surface area contributed by atoms with Crippen LogP contribution in [0.3, 0.4) is 0 Å². The summed E-state index contributed by atoms with van der Waals surface area (Å²) in [6, 6.07) is 1.49. The summed E-state index contributed by atoms with van der Waals surface area (Å²) in [7, 11) is 0. The third-order valence-electron chi connectivity index (χ3n) is 1.31. The summed E-state index contributed by atoms with van der Waals surface area (Å²) in [5.41, 5.74) is -1.06. The monoisotopic (exact) mass is 250 g/mol. The van der Waals surface area contributed by atoms with E-state index in [1.807, 2.05) is 0 Å². The lowest BCUT2D eigenvalue weighted by Gasteiger charge is -2.03. The fraction of sp³-hybridized carbons (Fsp3) is 0.143. The van der Waals surface area contributed by atoms with Crippen molar-refractivity contribution < 1.29 is 13.2 Å². The molecule has 13 heavy (non-hydrogen) atoms. The van der Waals surface area contributed by atoms with Gasteiger partial charge in [-0.1, -0.05) is 0 Å². The summed E-state index contributed by atoms with van der Waals surface area (Å²) < 4.78 is 36.7. The van der Waals surface area contributed by atoms with Crippen LogP contribution < -0.4 is 0 Å². The molecular weight excluding hydrogens is 249 g/mol. The Kier molecular flexibility index (Phi) is 2.88. The van der Waals surface area contributed by atoms with E-state index in [0.717, 1.165) is 6.20 Å². The Bertz CT molecular complexity index is 373. The zero-order valence-electron chi connectivity index (χ0n) is 6.06. The predicted molar refractivity (Wildman–Crippen MR) is 41.6 cm³/mol. The minimum atomic E-state index is -2.86. The van der Waals surface area contributed by atoms with Crippen molar-refractivity contribution in [2.45, 2.75) is 6.43 Å². The van der Waals surface area contributed by atoms with E-state index in [4.69, 9.17) is 5.26 Å². The van der Waals surface area contributed by atoms with Crippen LogP contribution in [0, 0.1) is 17.1 Å². The second kappa shape index (κ2) is 3.75. The van der Waals surface area contributed by atoms with Gasteiger partial charge >= 0.3 is 0 Å². The standard InChI is InChI=1S/C7H2BrF3N2/c8-4-5(9)3(1-12)2-13-6(4)7(10)11/h2,7H. The van der Waals surface area contributed by atoms with Crippen LogP contribution in [0.1, 0.15) is 17.7 Å². The zero-order chi connectivity index (χ0) is 10.0. The topological polar surface area (TPSA) is 36.7 Å². The Balaban J connectivity index is 3.33. The van der Waals surface area contributed by atoms with Crippen molar-refractivity contribution in [2.24, 2.45) is 0 Å². The van der Waals surface area contributed by atoms with E-state index in [2.05, 4.69) is 20.9 Å². The Morgan fingerprint density at radius 2 is 2.15 bits per heavy atom. The Morgan fingerprint density at radius 1 is 1.54 bits per heavy atom. The molecule has 0 saturated heterocycles. The molecule has 2 nitrogen and oxygen atoms in total. The van der Waals surface area contributed by atoms with Crippen LogP contribution in [-0.4, -0.2) is 4.98 Å². The van der Waals surface area contributed by atoms with Gasteiger partial charge in [0.1, 0.15) is 17.3 Å². The first-order valence-corrected chi connectivity index (χ1v) is 3.89. The van der Waals surface area contributed by atoms with Crippen LogP contribution >= 0.6 is 15.9 Å². The van der Waals surface area contributed by atoms with Gasteiger partial charge in [-0.2, -0.15) is 5.26 Å². The molecule has 0 radical (unpaired) electrons. The second-order valence-electron chi connectivity index (χ2n) is 2.10. The molecule has 0 bridgehead atoms. The first-order valence-electron chi connectivity index (χ1n) is 3.10. The number of halogens is 4. The smallest absolute Gasteiger partial charge is 0.252 e. The Morgan fingerprint density at radius 3 is 2.62 bits per heavy atom. The minimum absolute atomic E-state index is 0.365. The molecule has 1 aromatic heterocycles. The highest BCUT2D eigenvalue weighted by Crippen LogP contribution is 2.28. The average Bonchev–Trinajstić information content (AvgIpc) is 2.09. The first kappa shape index (κ1) is 9.99. The van der Waals surface area contributed by atoms with Crippen molar-refractivity contribution in [1.82, 2.24) is 4.98 Å². The number of alkyl halides is 2. The maximum atomic E-state index is 13.0. The quantitative estimate of drug-likeness (QED) is 0.769. The maximum absolute atomic E-state index is 13.0. The highest BCUT2D eigenvalue weighted by atomic mass is 79.9. The van der Waals surface area contributed by atoms with Crippen molar-refractivity contribution >= 4 is 15.9 Å². The lowest BCUT2D eigenvalue weighted by Crippen LogP contribution is -1.97. The second-order valence-corrected chi connectivity index (χ2v) is 2.89. The zero-order valence-corrected chi connectivity index (χ0v) is 7.65. The fourth-order valence-corrected chi connectivity index (χ4v) is 1.20. The third kappa shape index (κ3) is 1.80. The van der Waals surface area contributed by atoms with E-state index >= 15 is 0 Å². The van der Waals surface area contributed by atoms with E-state index in [9.17, 15) is 13.2 Å². The summed E-state index contributed by atoms with van der Waals surface area (Å²) in [5.74, 6) is -1.01. The molecule has 1 aromatic rings. The van der Waals surface area contributed by atoms with Gasteiger partial charge in [-0.15, -0.1) is 0 Å². The van der Waals surface area contributed by atoms with Crippen LogP contribution in [0.2, 0.25) is 0 Å². The number of rotatable bonds is 1. The summed E-state index contributed by atoms with van der Waals surface area (Å²) >= 11 is 2.60. The van der Waals surface area contributed by atoms with E-state index in [1.54, 1.807) is 0 Å². The molecule has 0 atom stereocenters. The lowest BCUT2D eigenvalue weighted by molar-refractivity contribution is 0.144. The molecule has 0 aliphatic heterocycles. The third-order valence-corrected chi connectivity index (χ3v) is 2.07. The van der Waals surface area contributed by atoms with Crippen molar-refractivity contribution in [1.29, 1.82) is 5.26 Å². The molecule has 0 unspecified atom stereocenters. The Hall–Kier alpha value is -1.09. The van der Waals surface area contributed by atoms with Crippen LogP contribution in [-0.2, 0) is 0 Å². The number of hydrogen-bond acceptors (Lipinski definition) is 2. The van der Waals surface area contributed by atoms with Gasteiger partial charge in [0.25, 0.3) is 6.43 Å². The van der Waals surface area contributed by atoms with Crippen LogP contribution in [0.15, 0.2) is 10.7 Å². The largest absolute Gasteiger partial charge is 0.281 e. The molecular formula is C7H2BrF3N2. The highest BCUT2D eigenvalue weighted by molar-refractivity contribution is 9.10. The normalized spacial score (nSPS) is 10.2. The number of nitrogens with zero attached hydrogens (tertiary/aromatic N) is 2. The van der Waals surface area contributed by atoms with E-state index in [-0.39, 0.29) is 5.56 Å².